The molecule has 11 heavy (non-hydrogen) atoms. The minimum absolute atomic E-state index is 0.250. The van der Waals surface area contributed by atoms with Crippen LogP contribution in [0.15, 0.2) is 0 Å². The summed E-state index contributed by atoms with van der Waals surface area (Å²) in [6, 6.07) is 0. The van der Waals surface area contributed by atoms with E-state index in [0.29, 0.717) is 0 Å². The van der Waals surface area contributed by atoms with Gasteiger partial charge in [-0.2, -0.15) is 0 Å². The maximum absolute atomic E-state index is 12.3. The summed E-state index contributed by atoms with van der Waals surface area (Å²) >= 11 is 0. The molecule has 0 rings (SSSR count). The van der Waals surface area contributed by atoms with Gasteiger partial charge in [-0.15, -0.1) is 0 Å². The maximum atomic E-state index is 12.3. The lowest BCUT2D eigenvalue weighted by Gasteiger charge is -2.02. The molecule has 2 nitrogen and oxygen atoms in total. The second-order valence-corrected chi connectivity index (χ2v) is 1.89. The lowest BCUT2D eigenvalue weighted by Crippen LogP contribution is -2.30. The predicted octanol–water partition coefficient (Wildman–Crippen LogP) is 1.14. The lowest BCUT2D eigenvalue weighted by atomic mass is 10.1. The van der Waals surface area contributed by atoms with Crippen LogP contribution in [0.4, 0.5) is 13.2 Å². The summed E-state index contributed by atoms with van der Waals surface area (Å²) < 4.78 is 35.1. The van der Waals surface area contributed by atoms with Gasteiger partial charge in [0, 0.05) is 6.42 Å². The number of halogens is 3. The second kappa shape index (κ2) is 4.10. The van der Waals surface area contributed by atoms with Gasteiger partial charge >= 0.3 is 0 Å². The van der Waals surface area contributed by atoms with Crippen LogP contribution in [0.3, 0.4) is 0 Å². The topological polar surface area (TPSA) is 34.1 Å². The average Bonchev–Trinajstić information content (AvgIpc) is 2.00. The Bertz CT molecular complexity index is 167. The lowest BCUT2D eigenvalue weighted by molar-refractivity contribution is -0.141. The quantitative estimate of drug-likeness (QED) is 0.590. The van der Waals surface area contributed by atoms with Crippen molar-refractivity contribution in [2.45, 2.75) is 25.9 Å². The van der Waals surface area contributed by atoms with Gasteiger partial charge in [0.1, 0.15) is 0 Å². The fourth-order valence-corrected chi connectivity index (χ4v) is 0.448. The van der Waals surface area contributed by atoms with Crippen molar-refractivity contribution in [2.24, 2.45) is 0 Å². The van der Waals surface area contributed by atoms with E-state index in [9.17, 15) is 22.8 Å². The number of hydrogen-bond donors (Lipinski definition) is 0. The van der Waals surface area contributed by atoms with Crippen molar-refractivity contribution in [1.82, 2.24) is 0 Å². The van der Waals surface area contributed by atoms with Crippen LogP contribution in [0.25, 0.3) is 0 Å². The molecule has 1 atom stereocenters. The highest BCUT2D eigenvalue weighted by Crippen LogP contribution is 2.05. The SMILES string of the molecule is CCC(=O)C(F)C(=O)C(F)F. The number of Topliss-reactive ketones (excluding diaryl/α,β-unsaturated/α-hetero) is 2. The van der Waals surface area contributed by atoms with E-state index in [1.54, 1.807) is 0 Å². The number of carbonyl (C=O) groups excluding carboxylic acids is 2. The van der Waals surface area contributed by atoms with Crippen LogP contribution < -0.4 is 0 Å². The van der Waals surface area contributed by atoms with Crippen molar-refractivity contribution in [3.05, 3.63) is 0 Å². The summed E-state index contributed by atoms with van der Waals surface area (Å²) in [7, 11) is 0. The Hall–Kier alpha value is -0.870. The van der Waals surface area contributed by atoms with Crippen LogP contribution in [0.5, 0.6) is 0 Å². The molecule has 0 aromatic rings. The molecule has 0 aliphatic rings. The Morgan fingerprint density at radius 2 is 1.73 bits per heavy atom. The average molecular weight is 168 g/mol. The van der Waals surface area contributed by atoms with Gasteiger partial charge in [0.2, 0.25) is 12.0 Å². The minimum atomic E-state index is -3.40. The summed E-state index contributed by atoms with van der Waals surface area (Å²) in [6.07, 6.45) is -6.31. The number of ketones is 2. The van der Waals surface area contributed by atoms with E-state index < -0.39 is 24.2 Å². The molecule has 0 N–H and O–H groups in total. The molecule has 0 amide bonds. The highest BCUT2D eigenvalue weighted by Gasteiger charge is 2.30. The van der Waals surface area contributed by atoms with Gasteiger partial charge in [-0.3, -0.25) is 9.59 Å². The first-order valence-electron chi connectivity index (χ1n) is 2.99. The Balaban J connectivity index is 4.13. The summed E-state index contributed by atoms with van der Waals surface area (Å²) in [6.45, 7) is 1.30. The van der Waals surface area contributed by atoms with Crippen LogP contribution in [-0.4, -0.2) is 24.2 Å². The van der Waals surface area contributed by atoms with Gasteiger partial charge in [-0.25, -0.2) is 13.2 Å². The van der Waals surface area contributed by atoms with Gasteiger partial charge in [-0.1, -0.05) is 6.92 Å². The van der Waals surface area contributed by atoms with Crippen molar-refractivity contribution in [3.63, 3.8) is 0 Å². The molecule has 0 aliphatic heterocycles. The van der Waals surface area contributed by atoms with Crippen LogP contribution in [0, 0.1) is 0 Å². The zero-order valence-corrected chi connectivity index (χ0v) is 5.81. The molecule has 0 saturated carbocycles. The standard InChI is InChI=1S/C6H7F3O2/c1-2-3(10)4(7)5(11)6(8)9/h4,6H,2H2,1H3. The molecule has 64 valence electrons. The first kappa shape index (κ1) is 10.1. The van der Waals surface area contributed by atoms with Crippen molar-refractivity contribution < 1.29 is 22.8 Å². The first-order valence-corrected chi connectivity index (χ1v) is 2.99. The molecule has 0 bridgehead atoms. The molecule has 0 radical (unpaired) electrons. The summed E-state index contributed by atoms with van der Waals surface area (Å²) in [5.74, 6) is -3.05. The van der Waals surface area contributed by atoms with E-state index >= 15 is 0 Å². The maximum Gasteiger partial charge on any atom is 0.299 e. The minimum Gasteiger partial charge on any atom is -0.296 e. The molecule has 0 fully saturated rings. The van der Waals surface area contributed by atoms with Crippen molar-refractivity contribution in [1.29, 1.82) is 0 Å². The third-order valence-electron chi connectivity index (χ3n) is 1.10. The molecule has 1 unspecified atom stereocenters. The van der Waals surface area contributed by atoms with Crippen LogP contribution >= 0.6 is 0 Å². The molecule has 0 aromatic carbocycles. The van der Waals surface area contributed by atoms with Crippen molar-refractivity contribution >= 4 is 11.6 Å². The molecule has 0 saturated heterocycles. The molecule has 0 aromatic heterocycles. The van der Waals surface area contributed by atoms with Gasteiger partial charge in [0.25, 0.3) is 6.43 Å². The zero-order chi connectivity index (χ0) is 9.02. The fourth-order valence-electron chi connectivity index (χ4n) is 0.448. The van der Waals surface area contributed by atoms with Gasteiger partial charge in [-0.05, 0) is 0 Å². The van der Waals surface area contributed by atoms with E-state index in [2.05, 4.69) is 0 Å². The third kappa shape index (κ3) is 2.69. The molecular weight excluding hydrogens is 161 g/mol. The molecule has 0 spiro atoms. The summed E-state index contributed by atoms with van der Waals surface area (Å²) in [5.41, 5.74) is 0. The Kier molecular flexibility index (Phi) is 3.78. The van der Waals surface area contributed by atoms with E-state index in [1.165, 1.54) is 6.92 Å². The molecule has 0 heterocycles. The Morgan fingerprint density at radius 1 is 1.27 bits per heavy atom. The zero-order valence-electron chi connectivity index (χ0n) is 5.81. The molecule has 0 aliphatic carbocycles. The summed E-state index contributed by atoms with van der Waals surface area (Å²) in [5, 5.41) is 0. The van der Waals surface area contributed by atoms with Crippen LogP contribution in [-0.2, 0) is 9.59 Å². The third-order valence-corrected chi connectivity index (χ3v) is 1.10. The highest BCUT2D eigenvalue weighted by molar-refractivity contribution is 6.06. The van der Waals surface area contributed by atoms with E-state index in [0.717, 1.165) is 0 Å². The Labute approximate surface area is 61.4 Å². The fraction of sp³-hybridized carbons (Fsp3) is 0.667. The smallest absolute Gasteiger partial charge is 0.296 e. The van der Waals surface area contributed by atoms with Crippen LogP contribution in [0.1, 0.15) is 13.3 Å². The molecule has 5 heteroatoms. The van der Waals surface area contributed by atoms with Crippen molar-refractivity contribution in [3.8, 4) is 0 Å². The normalized spacial score (nSPS) is 13.2. The van der Waals surface area contributed by atoms with E-state index in [-0.39, 0.29) is 6.42 Å². The molecular formula is C6H7F3O2. The summed E-state index contributed by atoms with van der Waals surface area (Å²) in [4.78, 5) is 20.4. The van der Waals surface area contributed by atoms with Gasteiger partial charge in [0.15, 0.2) is 5.78 Å². The largest absolute Gasteiger partial charge is 0.299 e. The number of rotatable bonds is 4. The predicted molar refractivity (Wildman–Crippen MR) is 31.2 cm³/mol. The monoisotopic (exact) mass is 168 g/mol. The Morgan fingerprint density at radius 3 is 2.00 bits per heavy atom. The number of alkyl halides is 3. The van der Waals surface area contributed by atoms with Crippen molar-refractivity contribution in [2.75, 3.05) is 0 Å². The second-order valence-electron chi connectivity index (χ2n) is 1.89. The highest BCUT2D eigenvalue weighted by atomic mass is 19.3. The van der Waals surface area contributed by atoms with Gasteiger partial charge in [0.05, 0.1) is 0 Å². The number of carbonyl (C=O) groups is 2. The van der Waals surface area contributed by atoms with E-state index in [1.807, 2.05) is 0 Å². The van der Waals surface area contributed by atoms with E-state index in [4.69, 9.17) is 0 Å². The van der Waals surface area contributed by atoms with Gasteiger partial charge < -0.3 is 0 Å². The number of hydrogen-bond acceptors (Lipinski definition) is 2. The first-order chi connectivity index (χ1) is 5.00. The van der Waals surface area contributed by atoms with Crippen LogP contribution in [0.2, 0.25) is 0 Å².